The van der Waals surface area contributed by atoms with E-state index in [1.165, 1.54) is 6.39 Å². The number of amides is 1. The van der Waals surface area contributed by atoms with Crippen LogP contribution in [0.25, 0.3) is 11.5 Å². The minimum absolute atomic E-state index is 0.107. The fourth-order valence-electron chi connectivity index (χ4n) is 2.85. The van der Waals surface area contributed by atoms with Crippen LogP contribution in [0.3, 0.4) is 0 Å². The molecule has 3 aromatic rings. The van der Waals surface area contributed by atoms with Gasteiger partial charge in [-0.3, -0.25) is 4.79 Å². The Kier molecular flexibility index (Phi) is 3.26. The van der Waals surface area contributed by atoms with Crippen molar-refractivity contribution in [3.05, 3.63) is 48.6 Å². The standard InChI is InChI=1S/C17H15N5O2/c1-3-22-15-11(5-4-8-19-15)17(23)21(2)13-7-6-12(20-16(13)22)14-9-18-10-24-14/h4-10H,3H2,1-2H3. The molecule has 3 aromatic heterocycles. The number of oxazole rings is 1. The second-order valence-corrected chi connectivity index (χ2v) is 5.39. The van der Waals surface area contributed by atoms with E-state index in [2.05, 4.69) is 9.97 Å². The fraction of sp³-hybridized carbons (Fsp3) is 0.176. The van der Waals surface area contributed by atoms with Gasteiger partial charge in [0.05, 0.1) is 17.4 Å². The summed E-state index contributed by atoms with van der Waals surface area (Å²) in [5, 5.41) is 0. The van der Waals surface area contributed by atoms with Gasteiger partial charge in [0.25, 0.3) is 5.91 Å². The molecular weight excluding hydrogens is 306 g/mol. The number of carbonyl (C=O) groups is 1. The zero-order valence-corrected chi connectivity index (χ0v) is 13.3. The summed E-state index contributed by atoms with van der Waals surface area (Å²) in [6.45, 7) is 2.63. The Morgan fingerprint density at radius 2 is 2.08 bits per heavy atom. The predicted molar refractivity (Wildman–Crippen MR) is 89.4 cm³/mol. The lowest BCUT2D eigenvalue weighted by Gasteiger charge is -2.23. The number of hydrogen-bond acceptors (Lipinski definition) is 6. The van der Waals surface area contributed by atoms with Crippen molar-refractivity contribution in [3.8, 4) is 11.5 Å². The van der Waals surface area contributed by atoms with Gasteiger partial charge >= 0.3 is 0 Å². The van der Waals surface area contributed by atoms with Gasteiger partial charge in [0.15, 0.2) is 18.0 Å². The van der Waals surface area contributed by atoms with Crippen LogP contribution in [0, 0.1) is 0 Å². The average Bonchev–Trinajstić information content (AvgIpc) is 3.13. The Labute approximate surface area is 138 Å². The minimum Gasteiger partial charge on any atom is -0.442 e. The molecule has 24 heavy (non-hydrogen) atoms. The molecule has 0 aliphatic carbocycles. The lowest BCUT2D eigenvalue weighted by Crippen LogP contribution is -2.25. The van der Waals surface area contributed by atoms with E-state index in [0.717, 1.165) is 5.69 Å². The van der Waals surface area contributed by atoms with Gasteiger partial charge in [-0.15, -0.1) is 0 Å². The van der Waals surface area contributed by atoms with Gasteiger partial charge in [0, 0.05) is 19.8 Å². The van der Waals surface area contributed by atoms with Crippen molar-refractivity contribution in [1.29, 1.82) is 0 Å². The molecule has 0 radical (unpaired) electrons. The summed E-state index contributed by atoms with van der Waals surface area (Å²) in [4.78, 5) is 29.4. The monoisotopic (exact) mass is 321 g/mol. The zero-order valence-electron chi connectivity index (χ0n) is 13.3. The number of aromatic nitrogens is 3. The molecule has 7 heteroatoms. The Morgan fingerprint density at radius 1 is 1.21 bits per heavy atom. The number of hydrogen-bond donors (Lipinski definition) is 0. The van der Waals surface area contributed by atoms with Crippen molar-refractivity contribution in [2.24, 2.45) is 0 Å². The van der Waals surface area contributed by atoms with Crippen LogP contribution in [0.15, 0.2) is 47.5 Å². The summed E-state index contributed by atoms with van der Waals surface area (Å²) in [5.41, 5.74) is 1.94. The lowest BCUT2D eigenvalue weighted by molar-refractivity contribution is 0.0994. The Bertz CT molecular complexity index is 907. The summed E-state index contributed by atoms with van der Waals surface area (Å²) >= 11 is 0. The minimum atomic E-state index is -0.107. The van der Waals surface area contributed by atoms with Gasteiger partial charge in [0.2, 0.25) is 0 Å². The van der Waals surface area contributed by atoms with Crippen molar-refractivity contribution in [2.75, 3.05) is 23.4 Å². The van der Waals surface area contributed by atoms with Crippen LogP contribution in [0.4, 0.5) is 17.3 Å². The summed E-state index contributed by atoms with van der Waals surface area (Å²) in [6, 6.07) is 7.24. The maximum atomic E-state index is 12.8. The molecule has 1 amide bonds. The van der Waals surface area contributed by atoms with E-state index in [-0.39, 0.29) is 5.91 Å². The molecule has 0 unspecified atom stereocenters. The highest BCUT2D eigenvalue weighted by Gasteiger charge is 2.30. The topological polar surface area (TPSA) is 75.4 Å². The molecular formula is C17H15N5O2. The van der Waals surface area contributed by atoms with Crippen molar-refractivity contribution in [1.82, 2.24) is 15.0 Å². The van der Waals surface area contributed by atoms with Crippen LogP contribution in [-0.4, -0.2) is 34.5 Å². The van der Waals surface area contributed by atoms with Gasteiger partial charge in [-0.2, -0.15) is 0 Å². The van der Waals surface area contributed by atoms with E-state index in [0.29, 0.717) is 35.2 Å². The second-order valence-electron chi connectivity index (χ2n) is 5.39. The van der Waals surface area contributed by atoms with Gasteiger partial charge in [-0.25, -0.2) is 15.0 Å². The molecule has 0 saturated carbocycles. The van der Waals surface area contributed by atoms with Crippen molar-refractivity contribution >= 4 is 23.2 Å². The average molecular weight is 321 g/mol. The number of nitrogens with zero attached hydrogens (tertiary/aromatic N) is 5. The van der Waals surface area contributed by atoms with E-state index in [1.807, 2.05) is 24.0 Å². The van der Waals surface area contributed by atoms with Crippen LogP contribution >= 0.6 is 0 Å². The number of carbonyl (C=O) groups excluding carboxylic acids is 1. The number of fused-ring (bicyclic) bond motifs is 2. The maximum Gasteiger partial charge on any atom is 0.261 e. The Balaban J connectivity index is 1.96. The molecule has 0 spiro atoms. The Morgan fingerprint density at radius 3 is 2.83 bits per heavy atom. The molecule has 1 aliphatic heterocycles. The predicted octanol–water partition coefficient (Wildman–Crippen LogP) is 2.88. The maximum absolute atomic E-state index is 12.8. The molecule has 120 valence electrons. The highest BCUT2D eigenvalue weighted by atomic mass is 16.3. The smallest absolute Gasteiger partial charge is 0.261 e. The van der Waals surface area contributed by atoms with Crippen LogP contribution in [0.1, 0.15) is 17.3 Å². The van der Waals surface area contributed by atoms with E-state index in [1.54, 1.807) is 36.5 Å². The molecule has 0 N–H and O–H groups in total. The van der Waals surface area contributed by atoms with Gasteiger partial charge in [0.1, 0.15) is 11.5 Å². The van der Waals surface area contributed by atoms with Crippen LogP contribution in [0.2, 0.25) is 0 Å². The summed E-state index contributed by atoms with van der Waals surface area (Å²) in [7, 11) is 1.74. The molecule has 0 atom stereocenters. The zero-order chi connectivity index (χ0) is 16.7. The van der Waals surface area contributed by atoms with E-state index in [4.69, 9.17) is 9.40 Å². The van der Waals surface area contributed by atoms with Gasteiger partial charge in [-0.05, 0) is 31.2 Å². The normalized spacial score (nSPS) is 13.5. The first kappa shape index (κ1) is 14.4. The summed E-state index contributed by atoms with van der Waals surface area (Å²) in [6.07, 6.45) is 4.66. The molecule has 4 rings (SSSR count). The first-order chi connectivity index (χ1) is 11.7. The van der Waals surface area contributed by atoms with Crippen molar-refractivity contribution in [2.45, 2.75) is 6.92 Å². The third-order valence-corrected chi connectivity index (χ3v) is 4.05. The summed E-state index contributed by atoms with van der Waals surface area (Å²) < 4.78 is 5.34. The van der Waals surface area contributed by atoms with Crippen LogP contribution in [0.5, 0.6) is 0 Å². The molecule has 0 bridgehead atoms. The third-order valence-electron chi connectivity index (χ3n) is 4.05. The van der Waals surface area contributed by atoms with Crippen LogP contribution < -0.4 is 9.80 Å². The third kappa shape index (κ3) is 2.05. The highest BCUT2D eigenvalue weighted by Crippen LogP contribution is 2.38. The molecule has 0 saturated heterocycles. The van der Waals surface area contributed by atoms with Gasteiger partial charge in [-0.1, -0.05) is 0 Å². The van der Waals surface area contributed by atoms with Crippen molar-refractivity contribution < 1.29 is 9.21 Å². The first-order valence-corrected chi connectivity index (χ1v) is 7.61. The Hall–Kier alpha value is -3.22. The molecule has 7 nitrogen and oxygen atoms in total. The van der Waals surface area contributed by atoms with E-state index < -0.39 is 0 Å². The first-order valence-electron chi connectivity index (χ1n) is 7.61. The van der Waals surface area contributed by atoms with Crippen LogP contribution in [-0.2, 0) is 0 Å². The number of anilines is 3. The van der Waals surface area contributed by atoms with E-state index in [9.17, 15) is 4.79 Å². The fourth-order valence-corrected chi connectivity index (χ4v) is 2.85. The summed E-state index contributed by atoms with van der Waals surface area (Å²) in [5.74, 6) is 1.75. The largest absolute Gasteiger partial charge is 0.442 e. The number of pyridine rings is 2. The van der Waals surface area contributed by atoms with Crippen molar-refractivity contribution in [3.63, 3.8) is 0 Å². The molecule has 0 aromatic carbocycles. The SMILES string of the molecule is CCN1c2ncccc2C(=O)N(C)c2ccc(-c3cnco3)nc21. The molecule has 0 fully saturated rings. The molecule has 4 heterocycles. The quantitative estimate of drug-likeness (QED) is 0.722. The lowest BCUT2D eigenvalue weighted by atomic mass is 10.2. The van der Waals surface area contributed by atoms with Gasteiger partial charge < -0.3 is 14.2 Å². The van der Waals surface area contributed by atoms with E-state index >= 15 is 0 Å². The highest BCUT2D eigenvalue weighted by molar-refractivity contribution is 6.12. The number of rotatable bonds is 2. The second kappa shape index (κ2) is 5.45. The molecule has 1 aliphatic rings.